The van der Waals surface area contributed by atoms with Gasteiger partial charge in [-0.25, -0.2) is 0 Å². The van der Waals surface area contributed by atoms with Crippen LogP contribution < -0.4 is 0 Å². The number of hydrogen-bond donors (Lipinski definition) is 5. The van der Waals surface area contributed by atoms with Crippen molar-refractivity contribution in [3.63, 3.8) is 0 Å². The summed E-state index contributed by atoms with van der Waals surface area (Å²) in [6.07, 6.45) is -7.29. The van der Waals surface area contributed by atoms with Gasteiger partial charge in [0.15, 0.2) is 6.29 Å². The molecule has 0 aromatic rings. The van der Waals surface area contributed by atoms with Crippen molar-refractivity contribution in [1.82, 2.24) is 0 Å². The van der Waals surface area contributed by atoms with Crippen LogP contribution in [0.2, 0.25) is 0 Å². The predicted octanol–water partition coefficient (Wildman–Crippen LogP) is -3.13. The van der Waals surface area contributed by atoms with E-state index >= 15 is 0 Å². The Morgan fingerprint density at radius 2 is 1.70 bits per heavy atom. The lowest BCUT2D eigenvalue weighted by molar-refractivity contribution is -0.873. The third-order valence-electron chi connectivity index (χ3n) is 3.06. The molecular formula is C12H26NO7+. The third kappa shape index (κ3) is 4.90. The predicted molar refractivity (Wildman–Crippen MR) is 68.6 cm³/mol. The van der Waals surface area contributed by atoms with Crippen molar-refractivity contribution in [1.29, 1.82) is 0 Å². The lowest BCUT2D eigenvalue weighted by Crippen LogP contribution is -2.59. The number of hydrogen-bond acceptors (Lipinski definition) is 7. The van der Waals surface area contributed by atoms with Crippen LogP contribution in [0.4, 0.5) is 0 Å². The summed E-state index contributed by atoms with van der Waals surface area (Å²) in [5.74, 6) is 0. The largest absolute Gasteiger partial charge is 0.394 e. The Hall–Kier alpha value is -0.320. The molecule has 0 amide bonds. The molecule has 0 aromatic carbocycles. The van der Waals surface area contributed by atoms with E-state index in [4.69, 9.17) is 14.6 Å². The van der Waals surface area contributed by atoms with Crippen molar-refractivity contribution < 1.29 is 39.5 Å². The van der Waals surface area contributed by atoms with Gasteiger partial charge in [0, 0.05) is 0 Å². The summed E-state index contributed by atoms with van der Waals surface area (Å²) in [6, 6.07) is 0. The van der Waals surface area contributed by atoms with Gasteiger partial charge in [-0.3, -0.25) is 0 Å². The van der Waals surface area contributed by atoms with Gasteiger partial charge in [0.1, 0.15) is 37.1 Å². The molecule has 6 atom stereocenters. The topological polar surface area (TPSA) is 120 Å². The molecule has 1 rings (SSSR count). The van der Waals surface area contributed by atoms with Crippen LogP contribution in [0.3, 0.4) is 0 Å². The van der Waals surface area contributed by atoms with Gasteiger partial charge in [-0.1, -0.05) is 0 Å². The van der Waals surface area contributed by atoms with Gasteiger partial charge in [-0.15, -0.1) is 0 Å². The number of likely N-dealkylation sites (N-methyl/N-ethyl adjacent to an activating group) is 1. The van der Waals surface area contributed by atoms with E-state index in [1.165, 1.54) is 0 Å². The highest BCUT2D eigenvalue weighted by Gasteiger charge is 2.44. The molecule has 1 aliphatic heterocycles. The highest BCUT2D eigenvalue weighted by molar-refractivity contribution is 4.88. The molecule has 120 valence electrons. The molecule has 5 N–H and O–H groups in total. The van der Waals surface area contributed by atoms with E-state index in [1.807, 2.05) is 21.1 Å². The first-order valence-electron chi connectivity index (χ1n) is 6.56. The monoisotopic (exact) mass is 296 g/mol. The van der Waals surface area contributed by atoms with Crippen LogP contribution in [-0.4, -0.2) is 108 Å². The number of nitrogens with zero attached hydrogens (tertiary/aromatic N) is 1. The Morgan fingerprint density at radius 1 is 1.10 bits per heavy atom. The fourth-order valence-corrected chi connectivity index (χ4v) is 2.10. The lowest BCUT2D eigenvalue weighted by atomic mass is 9.99. The number of aliphatic hydroxyl groups is 5. The second-order valence-corrected chi connectivity index (χ2v) is 6.16. The minimum atomic E-state index is -1.47. The molecule has 1 aliphatic rings. The number of ether oxygens (including phenoxy) is 2. The summed E-state index contributed by atoms with van der Waals surface area (Å²) in [5.41, 5.74) is 0. The Kier molecular flexibility index (Phi) is 6.29. The highest BCUT2D eigenvalue weighted by atomic mass is 16.7. The average molecular weight is 296 g/mol. The molecule has 0 aromatic heterocycles. The van der Waals surface area contributed by atoms with E-state index < -0.39 is 43.4 Å². The summed E-state index contributed by atoms with van der Waals surface area (Å²) in [7, 11) is 5.74. The summed E-state index contributed by atoms with van der Waals surface area (Å²) >= 11 is 0. The van der Waals surface area contributed by atoms with Gasteiger partial charge in [0.25, 0.3) is 0 Å². The zero-order chi connectivity index (χ0) is 15.5. The van der Waals surface area contributed by atoms with Crippen LogP contribution in [0.15, 0.2) is 0 Å². The average Bonchev–Trinajstić information content (AvgIpc) is 2.33. The van der Waals surface area contributed by atoms with E-state index in [0.717, 1.165) is 0 Å². The standard InChI is InChI=1S/C12H26NO7/c1-13(2,3)4-7(15)6-19-12-11(18)10(17)9(16)8(5-14)20-12/h7-12,14-18H,4-6H2,1-3H3/q+1/t7?,8-,9+,10+,11-,12+/m1/s1. The SMILES string of the molecule is C[N+](C)(C)CC(O)CO[C@H]1O[C@H](CO)[C@H](O)[C@H](O)[C@H]1O. The molecule has 20 heavy (non-hydrogen) atoms. The molecule has 1 fully saturated rings. The van der Waals surface area contributed by atoms with Crippen LogP contribution in [0, 0.1) is 0 Å². The lowest BCUT2D eigenvalue weighted by Gasteiger charge is -2.39. The first-order valence-corrected chi connectivity index (χ1v) is 6.56. The molecule has 0 bridgehead atoms. The molecule has 8 heteroatoms. The van der Waals surface area contributed by atoms with E-state index in [0.29, 0.717) is 11.0 Å². The summed E-state index contributed by atoms with van der Waals surface area (Å²) in [5, 5.41) is 47.8. The normalized spacial score (nSPS) is 36.9. The second-order valence-electron chi connectivity index (χ2n) is 6.16. The molecular weight excluding hydrogens is 270 g/mol. The van der Waals surface area contributed by atoms with Crippen molar-refractivity contribution in [3.8, 4) is 0 Å². The zero-order valence-electron chi connectivity index (χ0n) is 12.1. The fraction of sp³-hybridized carbons (Fsp3) is 1.00. The Bertz CT molecular complexity index is 294. The van der Waals surface area contributed by atoms with Gasteiger partial charge in [0.2, 0.25) is 0 Å². The Balaban J connectivity index is 2.50. The molecule has 0 saturated carbocycles. The molecule has 1 heterocycles. The van der Waals surface area contributed by atoms with Crippen molar-refractivity contribution >= 4 is 0 Å². The van der Waals surface area contributed by atoms with Crippen molar-refractivity contribution in [3.05, 3.63) is 0 Å². The van der Waals surface area contributed by atoms with Crippen LogP contribution >= 0.6 is 0 Å². The van der Waals surface area contributed by atoms with Gasteiger partial charge < -0.3 is 39.5 Å². The fourth-order valence-electron chi connectivity index (χ4n) is 2.10. The second kappa shape index (κ2) is 7.10. The van der Waals surface area contributed by atoms with Gasteiger partial charge in [-0.2, -0.15) is 0 Å². The van der Waals surface area contributed by atoms with Crippen molar-refractivity contribution in [2.45, 2.75) is 36.8 Å². The van der Waals surface area contributed by atoms with Gasteiger partial charge in [0.05, 0.1) is 34.4 Å². The minimum absolute atomic E-state index is 0.0851. The third-order valence-corrected chi connectivity index (χ3v) is 3.06. The summed E-state index contributed by atoms with van der Waals surface area (Å²) < 4.78 is 10.9. The quantitative estimate of drug-likeness (QED) is 0.329. The first kappa shape index (κ1) is 17.7. The Morgan fingerprint density at radius 3 is 2.20 bits per heavy atom. The summed E-state index contributed by atoms with van der Waals surface area (Å²) in [6.45, 7) is -0.151. The van der Waals surface area contributed by atoms with E-state index in [2.05, 4.69) is 0 Å². The number of aliphatic hydroxyl groups excluding tert-OH is 5. The maximum absolute atomic E-state index is 9.80. The molecule has 0 radical (unpaired) electrons. The highest BCUT2D eigenvalue weighted by Crippen LogP contribution is 2.22. The van der Waals surface area contributed by atoms with Crippen LogP contribution in [-0.2, 0) is 9.47 Å². The summed E-state index contributed by atoms with van der Waals surface area (Å²) in [4.78, 5) is 0. The van der Waals surface area contributed by atoms with E-state index in [1.54, 1.807) is 0 Å². The zero-order valence-corrected chi connectivity index (χ0v) is 12.1. The smallest absolute Gasteiger partial charge is 0.186 e. The maximum Gasteiger partial charge on any atom is 0.186 e. The van der Waals surface area contributed by atoms with E-state index in [-0.39, 0.29) is 6.61 Å². The van der Waals surface area contributed by atoms with Crippen LogP contribution in [0.25, 0.3) is 0 Å². The van der Waals surface area contributed by atoms with Gasteiger partial charge in [-0.05, 0) is 0 Å². The molecule has 1 saturated heterocycles. The van der Waals surface area contributed by atoms with Crippen molar-refractivity contribution in [2.24, 2.45) is 0 Å². The maximum atomic E-state index is 9.80. The molecule has 0 spiro atoms. The Labute approximate surface area is 118 Å². The van der Waals surface area contributed by atoms with Crippen LogP contribution in [0.1, 0.15) is 0 Å². The van der Waals surface area contributed by atoms with Crippen LogP contribution in [0.5, 0.6) is 0 Å². The molecule has 0 aliphatic carbocycles. The first-order chi connectivity index (χ1) is 9.15. The molecule has 8 nitrogen and oxygen atoms in total. The van der Waals surface area contributed by atoms with E-state index in [9.17, 15) is 20.4 Å². The minimum Gasteiger partial charge on any atom is -0.394 e. The molecule has 1 unspecified atom stereocenters. The number of quaternary nitrogens is 1. The van der Waals surface area contributed by atoms with Crippen molar-refractivity contribution in [2.75, 3.05) is 40.9 Å². The van der Waals surface area contributed by atoms with Gasteiger partial charge >= 0.3 is 0 Å². The number of rotatable bonds is 6.